The van der Waals surface area contributed by atoms with E-state index in [1.54, 1.807) is 42.5 Å². The van der Waals surface area contributed by atoms with Crippen molar-refractivity contribution in [2.75, 3.05) is 0 Å². The van der Waals surface area contributed by atoms with Crippen LogP contribution in [-0.2, 0) is 6.18 Å². The predicted octanol–water partition coefficient (Wildman–Crippen LogP) is 6.43. The fraction of sp³-hybridized carbons (Fsp3) is 0.0833. The molecular formula is C24H16ClF3N2O2. The largest absolute Gasteiger partial charge is 0.494 e. The minimum atomic E-state index is -4.60. The first-order chi connectivity index (χ1) is 15.2. The maximum atomic E-state index is 13.2. The van der Waals surface area contributed by atoms with E-state index in [4.69, 9.17) is 11.6 Å². The molecule has 0 fully saturated rings. The zero-order chi connectivity index (χ0) is 23.0. The molecule has 0 unspecified atom stereocenters. The summed E-state index contributed by atoms with van der Waals surface area (Å²) in [4.78, 5) is 17.4. The number of hydrogen-bond donors (Lipinski definition) is 1. The summed E-state index contributed by atoms with van der Waals surface area (Å²) in [5.41, 5.74) is -0.111. The van der Waals surface area contributed by atoms with Crippen LogP contribution in [0.1, 0.15) is 16.7 Å². The van der Waals surface area contributed by atoms with E-state index >= 15 is 0 Å². The Hall–Kier alpha value is -3.58. The minimum absolute atomic E-state index is 0.110. The Kier molecular flexibility index (Phi) is 5.52. The maximum absolute atomic E-state index is 13.2. The van der Waals surface area contributed by atoms with Crippen LogP contribution in [0.25, 0.3) is 16.5 Å². The van der Waals surface area contributed by atoms with Gasteiger partial charge in [0.05, 0.1) is 22.5 Å². The van der Waals surface area contributed by atoms with Gasteiger partial charge in [0.2, 0.25) is 5.88 Å². The molecule has 0 aliphatic carbocycles. The summed E-state index contributed by atoms with van der Waals surface area (Å²) in [6.07, 6.45) is -3.23. The molecule has 4 rings (SSSR count). The molecule has 0 saturated heterocycles. The summed E-state index contributed by atoms with van der Waals surface area (Å²) in [6.45, 7) is 1.85. The van der Waals surface area contributed by atoms with Gasteiger partial charge < -0.3 is 5.11 Å². The summed E-state index contributed by atoms with van der Waals surface area (Å²) in [5, 5.41) is 12.1. The molecule has 0 amide bonds. The van der Waals surface area contributed by atoms with Gasteiger partial charge in [0.1, 0.15) is 0 Å². The molecule has 0 bridgehead atoms. The number of halogens is 4. The fourth-order valence-electron chi connectivity index (χ4n) is 3.35. The molecular weight excluding hydrogens is 441 g/mol. The summed E-state index contributed by atoms with van der Waals surface area (Å²) < 4.78 is 40.5. The standard InChI is InChI=1S/C24H16ClF3N2O2/c1-14-9-10-16(12-21(14)25)29-13-20-18-7-2-3-8-19(18)22(31)30(23(20)32)17-6-4-5-15(11-17)24(26,27)28/h2-13,32H,1H3. The van der Waals surface area contributed by atoms with Crippen LogP contribution in [-0.4, -0.2) is 15.9 Å². The van der Waals surface area contributed by atoms with E-state index in [2.05, 4.69) is 4.99 Å². The van der Waals surface area contributed by atoms with Crippen LogP contribution in [0.4, 0.5) is 18.9 Å². The van der Waals surface area contributed by atoms with Gasteiger partial charge in [0, 0.05) is 22.0 Å². The van der Waals surface area contributed by atoms with Crippen LogP contribution in [0.3, 0.4) is 0 Å². The molecule has 32 heavy (non-hydrogen) atoms. The SMILES string of the molecule is Cc1ccc(N=Cc2c(O)n(-c3cccc(C(F)(F)F)c3)c(=O)c3ccccc23)cc1Cl. The van der Waals surface area contributed by atoms with E-state index in [1.165, 1.54) is 18.3 Å². The first-order valence-electron chi connectivity index (χ1n) is 9.51. The first kappa shape index (κ1) is 21.6. The van der Waals surface area contributed by atoms with Crippen molar-refractivity contribution in [1.82, 2.24) is 4.57 Å². The lowest BCUT2D eigenvalue weighted by Crippen LogP contribution is -2.20. The van der Waals surface area contributed by atoms with Gasteiger partial charge in [-0.15, -0.1) is 0 Å². The van der Waals surface area contributed by atoms with Crippen molar-refractivity contribution in [1.29, 1.82) is 0 Å². The van der Waals surface area contributed by atoms with Crippen LogP contribution in [0.5, 0.6) is 5.88 Å². The quantitative estimate of drug-likeness (QED) is 0.361. The van der Waals surface area contributed by atoms with Crippen molar-refractivity contribution < 1.29 is 18.3 Å². The van der Waals surface area contributed by atoms with Gasteiger partial charge in [-0.25, -0.2) is 4.57 Å². The van der Waals surface area contributed by atoms with Crippen molar-refractivity contribution in [3.05, 3.63) is 98.8 Å². The van der Waals surface area contributed by atoms with Gasteiger partial charge in [0.25, 0.3) is 5.56 Å². The second kappa shape index (κ2) is 8.16. The van der Waals surface area contributed by atoms with E-state index in [0.717, 1.165) is 22.3 Å². The summed E-state index contributed by atoms with van der Waals surface area (Å²) in [6, 6.07) is 15.9. The van der Waals surface area contributed by atoms with Gasteiger partial charge >= 0.3 is 6.18 Å². The van der Waals surface area contributed by atoms with Crippen LogP contribution in [0.2, 0.25) is 5.02 Å². The van der Waals surface area contributed by atoms with E-state index in [9.17, 15) is 23.1 Å². The Morgan fingerprint density at radius 1 is 1.00 bits per heavy atom. The molecule has 0 aliphatic heterocycles. The lowest BCUT2D eigenvalue weighted by Gasteiger charge is -2.15. The molecule has 0 atom stereocenters. The minimum Gasteiger partial charge on any atom is -0.494 e. The second-order valence-corrected chi connectivity index (χ2v) is 7.57. The van der Waals surface area contributed by atoms with Crippen molar-refractivity contribution in [3.8, 4) is 11.6 Å². The van der Waals surface area contributed by atoms with Crippen molar-refractivity contribution in [2.24, 2.45) is 4.99 Å². The highest BCUT2D eigenvalue weighted by atomic mass is 35.5. The third-order valence-corrected chi connectivity index (χ3v) is 5.44. The van der Waals surface area contributed by atoms with Crippen molar-refractivity contribution >= 4 is 34.3 Å². The average molecular weight is 457 g/mol. The maximum Gasteiger partial charge on any atom is 0.416 e. The second-order valence-electron chi connectivity index (χ2n) is 7.16. The predicted molar refractivity (Wildman–Crippen MR) is 120 cm³/mol. The Bertz CT molecular complexity index is 1430. The van der Waals surface area contributed by atoms with Crippen LogP contribution >= 0.6 is 11.6 Å². The number of aromatic nitrogens is 1. The molecule has 162 valence electrons. The molecule has 1 heterocycles. The van der Waals surface area contributed by atoms with Crippen molar-refractivity contribution in [2.45, 2.75) is 13.1 Å². The van der Waals surface area contributed by atoms with Gasteiger partial charge in [-0.3, -0.25) is 9.79 Å². The lowest BCUT2D eigenvalue weighted by atomic mass is 10.1. The molecule has 0 saturated carbocycles. The molecule has 0 aliphatic rings. The lowest BCUT2D eigenvalue weighted by molar-refractivity contribution is -0.137. The zero-order valence-corrected chi connectivity index (χ0v) is 17.4. The summed E-state index contributed by atoms with van der Waals surface area (Å²) >= 11 is 6.14. The number of fused-ring (bicyclic) bond motifs is 1. The van der Waals surface area contributed by atoms with Gasteiger partial charge in [-0.1, -0.05) is 41.9 Å². The molecule has 8 heteroatoms. The molecule has 0 radical (unpaired) electrons. The highest BCUT2D eigenvalue weighted by Crippen LogP contribution is 2.32. The monoisotopic (exact) mass is 456 g/mol. The van der Waals surface area contributed by atoms with E-state index in [-0.39, 0.29) is 16.6 Å². The van der Waals surface area contributed by atoms with E-state index in [0.29, 0.717) is 16.1 Å². The van der Waals surface area contributed by atoms with Crippen molar-refractivity contribution in [3.63, 3.8) is 0 Å². The number of alkyl halides is 3. The summed E-state index contributed by atoms with van der Waals surface area (Å²) in [5.74, 6) is -0.519. The molecule has 1 aromatic heterocycles. The Morgan fingerprint density at radius 2 is 1.72 bits per heavy atom. The summed E-state index contributed by atoms with van der Waals surface area (Å²) in [7, 11) is 0. The molecule has 0 spiro atoms. The molecule has 4 aromatic rings. The number of pyridine rings is 1. The fourth-order valence-corrected chi connectivity index (χ4v) is 3.53. The number of benzene rings is 3. The molecule has 3 aromatic carbocycles. The smallest absolute Gasteiger partial charge is 0.416 e. The Balaban J connectivity index is 1.96. The average Bonchev–Trinajstić information content (AvgIpc) is 2.76. The number of aryl methyl sites for hydroxylation is 1. The van der Waals surface area contributed by atoms with Crippen LogP contribution in [0, 0.1) is 6.92 Å². The van der Waals surface area contributed by atoms with E-state index < -0.39 is 23.2 Å². The number of rotatable bonds is 3. The molecule has 1 N–H and O–H groups in total. The van der Waals surface area contributed by atoms with Gasteiger partial charge in [-0.2, -0.15) is 13.2 Å². The Labute approximate surface area is 185 Å². The van der Waals surface area contributed by atoms with Crippen LogP contribution in [0.15, 0.2) is 76.5 Å². The third-order valence-electron chi connectivity index (χ3n) is 5.03. The van der Waals surface area contributed by atoms with Gasteiger partial charge in [0.15, 0.2) is 0 Å². The Morgan fingerprint density at radius 3 is 2.41 bits per heavy atom. The highest BCUT2D eigenvalue weighted by molar-refractivity contribution is 6.31. The van der Waals surface area contributed by atoms with Gasteiger partial charge in [-0.05, 0) is 48.9 Å². The number of nitrogens with zero attached hydrogens (tertiary/aromatic N) is 2. The third kappa shape index (κ3) is 3.99. The number of aromatic hydroxyl groups is 1. The first-order valence-corrected chi connectivity index (χ1v) is 9.89. The zero-order valence-electron chi connectivity index (χ0n) is 16.7. The number of aliphatic imine (C=N–C) groups is 1. The van der Waals surface area contributed by atoms with Crippen LogP contribution < -0.4 is 5.56 Å². The molecule has 4 nitrogen and oxygen atoms in total. The number of hydrogen-bond acceptors (Lipinski definition) is 3. The highest BCUT2D eigenvalue weighted by Gasteiger charge is 2.31. The topological polar surface area (TPSA) is 54.6 Å². The van der Waals surface area contributed by atoms with E-state index in [1.807, 2.05) is 6.92 Å². The normalized spacial score (nSPS) is 12.0.